The highest BCUT2D eigenvalue weighted by atomic mass is 127. The van der Waals surface area contributed by atoms with Gasteiger partial charge in [-0.1, -0.05) is 38.1 Å². The van der Waals surface area contributed by atoms with Crippen LogP contribution in [-0.2, 0) is 20.0 Å². The first-order valence-corrected chi connectivity index (χ1v) is 8.59. The number of halogens is 1. The molecule has 5 nitrogen and oxygen atoms in total. The van der Waals surface area contributed by atoms with Gasteiger partial charge in [0, 0.05) is 38.9 Å². The van der Waals surface area contributed by atoms with Crippen LogP contribution in [0, 0.1) is 0 Å². The van der Waals surface area contributed by atoms with Crippen LogP contribution < -0.4 is 10.6 Å². The molecule has 138 valence electrons. The second-order valence-electron chi connectivity index (χ2n) is 6.37. The van der Waals surface area contributed by atoms with Crippen molar-refractivity contribution >= 4 is 29.9 Å². The first-order chi connectivity index (χ1) is 11.6. The third-order valence-electron chi connectivity index (χ3n) is 4.02. The van der Waals surface area contributed by atoms with Crippen molar-refractivity contribution in [2.24, 2.45) is 12.0 Å². The number of benzene rings is 1. The van der Waals surface area contributed by atoms with Crippen LogP contribution in [0.4, 0.5) is 0 Å². The number of guanidine groups is 1. The topological polar surface area (TPSA) is 54.2 Å². The van der Waals surface area contributed by atoms with Crippen LogP contribution in [0.15, 0.2) is 41.7 Å². The van der Waals surface area contributed by atoms with Crippen LogP contribution >= 0.6 is 24.0 Å². The molecule has 0 fully saturated rings. The van der Waals surface area contributed by atoms with Gasteiger partial charge < -0.3 is 10.6 Å². The molecule has 0 aliphatic carbocycles. The van der Waals surface area contributed by atoms with E-state index in [9.17, 15) is 0 Å². The first-order valence-electron chi connectivity index (χ1n) is 8.59. The van der Waals surface area contributed by atoms with Gasteiger partial charge in [-0.3, -0.25) is 9.67 Å². The van der Waals surface area contributed by atoms with Gasteiger partial charge in [-0.15, -0.1) is 24.0 Å². The quantitative estimate of drug-likeness (QED) is 0.291. The fourth-order valence-corrected chi connectivity index (χ4v) is 2.54. The summed E-state index contributed by atoms with van der Waals surface area (Å²) in [5, 5.41) is 10.8. The molecule has 0 aliphatic heterocycles. The fourth-order valence-electron chi connectivity index (χ4n) is 2.54. The molecule has 0 saturated heterocycles. The summed E-state index contributed by atoms with van der Waals surface area (Å²) in [7, 11) is 3.72. The standard InChI is InChI=1S/C19H29N5.HI/c1-15(2)18-9-7-16(8-10-18)6-5-11-21-19(20-3)22-12-17-13-23-24(4)14-17;/h7-10,13-15H,5-6,11-12H2,1-4H3,(H2,20,21,22);1H. The molecule has 0 amide bonds. The Morgan fingerprint density at radius 2 is 1.88 bits per heavy atom. The minimum absolute atomic E-state index is 0. The molecule has 0 bridgehead atoms. The highest BCUT2D eigenvalue weighted by molar-refractivity contribution is 14.0. The Morgan fingerprint density at radius 1 is 1.16 bits per heavy atom. The molecule has 0 spiro atoms. The zero-order chi connectivity index (χ0) is 17.4. The zero-order valence-electron chi connectivity index (χ0n) is 15.6. The molecular weight excluding hydrogens is 425 g/mol. The molecule has 2 N–H and O–H groups in total. The third-order valence-corrected chi connectivity index (χ3v) is 4.02. The van der Waals surface area contributed by atoms with Crippen molar-refractivity contribution in [3.05, 3.63) is 53.3 Å². The summed E-state index contributed by atoms with van der Waals surface area (Å²) in [6.45, 7) is 6.08. The maximum Gasteiger partial charge on any atom is 0.191 e. The highest BCUT2D eigenvalue weighted by Gasteiger charge is 2.01. The van der Waals surface area contributed by atoms with Crippen molar-refractivity contribution in [2.45, 2.75) is 39.2 Å². The van der Waals surface area contributed by atoms with Crippen molar-refractivity contribution in [3.8, 4) is 0 Å². The molecule has 2 rings (SSSR count). The molecule has 1 aromatic carbocycles. The molecule has 2 aromatic rings. The number of hydrogen-bond acceptors (Lipinski definition) is 2. The van der Waals surface area contributed by atoms with E-state index in [1.54, 1.807) is 11.7 Å². The summed E-state index contributed by atoms with van der Waals surface area (Å²) >= 11 is 0. The average Bonchev–Trinajstić information content (AvgIpc) is 3.00. The summed E-state index contributed by atoms with van der Waals surface area (Å²) < 4.78 is 1.80. The second kappa shape index (κ2) is 11.1. The lowest BCUT2D eigenvalue weighted by Gasteiger charge is -2.11. The van der Waals surface area contributed by atoms with E-state index in [-0.39, 0.29) is 24.0 Å². The average molecular weight is 455 g/mol. The van der Waals surface area contributed by atoms with Gasteiger partial charge in [-0.25, -0.2) is 0 Å². The Morgan fingerprint density at radius 3 is 2.44 bits per heavy atom. The monoisotopic (exact) mass is 455 g/mol. The Bertz CT molecular complexity index is 646. The van der Waals surface area contributed by atoms with Crippen molar-refractivity contribution < 1.29 is 0 Å². The lowest BCUT2D eigenvalue weighted by Crippen LogP contribution is -2.37. The number of rotatable bonds is 7. The molecule has 1 aromatic heterocycles. The molecule has 0 aliphatic rings. The van der Waals surface area contributed by atoms with Gasteiger partial charge >= 0.3 is 0 Å². The second-order valence-corrected chi connectivity index (χ2v) is 6.37. The van der Waals surface area contributed by atoms with Gasteiger partial charge in [-0.2, -0.15) is 5.10 Å². The van der Waals surface area contributed by atoms with Crippen LogP contribution in [0.25, 0.3) is 0 Å². The Balaban J connectivity index is 0.00000312. The zero-order valence-corrected chi connectivity index (χ0v) is 18.0. The Labute approximate surface area is 168 Å². The fraction of sp³-hybridized carbons (Fsp3) is 0.474. The van der Waals surface area contributed by atoms with Gasteiger partial charge in [0.25, 0.3) is 0 Å². The van der Waals surface area contributed by atoms with Gasteiger partial charge in [0.15, 0.2) is 5.96 Å². The van der Waals surface area contributed by atoms with E-state index in [1.807, 2.05) is 19.4 Å². The molecule has 1 heterocycles. The number of hydrogen-bond donors (Lipinski definition) is 2. The van der Waals surface area contributed by atoms with Crippen molar-refractivity contribution in [1.29, 1.82) is 0 Å². The van der Waals surface area contributed by atoms with Crippen LogP contribution in [0.3, 0.4) is 0 Å². The van der Waals surface area contributed by atoms with Crippen LogP contribution in [0.2, 0.25) is 0 Å². The number of aliphatic imine (C=N–C) groups is 1. The molecule has 0 saturated carbocycles. The maximum atomic E-state index is 4.25. The number of nitrogens with zero attached hydrogens (tertiary/aromatic N) is 3. The highest BCUT2D eigenvalue weighted by Crippen LogP contribution is 2.15. The molecule has 6 heteroatoms. The van der Waals surface area contributed by atoms with E-state index < -0.39 is 0 Å². The number of aromatic nitrogens is 2. The maximum absolute atomic E-state index is 4.25. The summed E-state index contributed by atoms with van der Waals surface area (Å²) in [5.74, 6) is 1.42. The molecule has 0 radical (unpaired) electrons. The summed E-state index contributed by atoms with van der Waals surface area (Å²) in [5.41, 5.74) is 3.93. The minimum Gasteiger partial charge on any atom is -0.356 e. The summed E-state index contributed by atoms with van der Waals surface area (Å²) in [6, 6.07) is 8.96. The van der Waals surface area contributed by atoms with Crippen LogP contribution in [0.1, 0.15) is 42.9 Å². The Hall–Kier alpha value is -1.57. The molecule has 0 unspecified atom stereocenters. The molecular formula is C19H30IN5. The van der Waals surface area contributed by atoms with E-state index in [2.05, 4.69) is 58.8 Å². The largest absolute Gasteiger partial charge is 0.356 e. The van der Waals surface area contributed by atoms with Gasteiger partial charge in [0.2, 0.25) is 0 Å². The van der Waals surface area contributed by atoms with Crippen molar-refractivity contribution in [3.63, 3.8) is 0 Å². The van der Waals surface area contributed by atoms with Crippen molar-refractivity contribution in [1.82, 2.24) is 20.4 Å². The predicted octanol–water partition coefficient (Wildman–Crippen LogP) is 3.46. The lowest BCUT2D eigenvalue weighted by molar-refractivity contribution is 0.740. The van der Waals surface area contributed by atoms with Gasteiger partial charge in [0.1, 0.15) is 0 Å². The van der Waals surface area contributed by atoms with Crippen molar-refractivity contribution in [2.75, 3.05) is 13.6 Å². The lowest BCUT2D eigenvalue weighted by atomic mass is 10.0. The van der Waals surface area contributed by atoms with E-state index in [0.717, 1.165) is 37.5 Å². The number of aryl methyl sites for hydroxylation is 2. The van der Waals surface area contributed by atoms with Crippen LogP contribution in [0.5, 0.6) is 0 Å². The van der Waals surface area contributed by atoms with E-state index >= 15 is 0 Å². The molecule has 25 heavy (non-hydrogen) atoms. The SMILES string of the molecule is CN=C(NCCCc1ccc(C(C)C)cc1)NCc1cnn(C)c1.I. The predicted molar refractivity (Wildman–Crippen MR) is 116 cm³/mol. The first kappa shape index (κ1) is 21.5. The number of nitrogens with one attached hydrogen (secondary N) is 2. The molecule has 0 atom stereocenters. The van der Waals surface area contributed by atoms with E-state index in [1.165, 1.54) is 11.1 Å². The summed E-state index contributed by atoms with van der Waals surface area (Å²) in [4.78, 5) is 4.25. The summed E-state index contributed by atoms with van der Waals surface area (Å²) in [6.07, 6.45) is 6.02. The normalized spacial score (nSPS) is 11.3. The third kappa shape index (κ3) is 7.46. The van der Waals surface area contributed by atoms with E-state index in [4.69, 9.17) is 0 Å². The van der Waals surface area contributed by atoms with Crippen LogP contribution in [-0.4, -0.2) is 29.3 Å². The van der Waals surface area contributed by atoms with Gasteiger partial charge in [0.05, 0.1) is 6.20 Å². The van der Waals surface area contributed by atoms with E-state index in [0.29, 0.717) is 5.92 Å². The minimum atomic E-state index is 0. The Kier molecular flexibility index (Phi) is 9.55. The smallest absolute Gasteiger partial charge is 0.191 e. The van der Waals surface area contributed by atoms with Gasteiger partial charge in [-0.05, 0) is 29.9 Å².